The van der Waals surface area contributed by atoms with E-state index in [1.165, 1.54) is 33.2 Å². The molecule has 0 aliphatic rings. The van der Waals surface area contributed by atoms with Gasteiger partial charge in [-0.25, -0.2) is 4.57 Å². The highest BCUT2D eigenvalue weighted by Crippen LogP contribution is 2.27. The monoisotopic (exact) mass is 248 g/mol. The zero-order chi connectivity index (χ0) is 13.4. The number of nitrogens with zero attached hydrogens (tertiary/aromatic N) is 1. The third-order valence-electron chi connectivity index (χ3n) is 3.69. The van der Waals surface area contributed by atoms with E-state index in [0.29, 0.717) is 0 Å². The first kappa shape index (κ1) is 11.9. The number of benzene rings is 2. The topological polar surface area (TPSA) is 3.88 Å². The van der Waals surface area contributed by atoms with Gasteiger partial charge in [0.15, 0.2) is 6.20 Å². The van der Waals surface area contributed by atoms with E-state index < -0.39 is 0 Å². The summed E-state index contributed by atoms with van der Waals surface area (Å²) in [5, 5.41) is 2.61. The fourth-order valence-corrected chi connectivity index (χ4v) is 2.67. The van der Waals surface area contributed by atoms with Crippen LogP contribution < -0.4 is 4.57 Å². The van der Waals surface area contributed by atoms with Crippen LogP contribution in [-0.2, 0) is 7.05 Å². The molecule has 0 fully saturated rings. The van der Waals surface area contributed by atoms with Crippen molar-refractivity contribution in [2.24, 2.45) is 7.05 Å². The second kappa shape index (κ2) is 4.51. The maximum absolute atomic E-state index is 2.25. The summed E-state index contributed by atoms with van der Waals surface area (Å²) in [4.78, 5) is 0. The number of hydrogen-bond acceptors (Lipinski definition) is 0. The van der Waals surface area contributed by atoms with E-state index in [-0.39, 0.29) is 0 Å². The molecule has 0 aliphatic carbocycles. The first-order chi connectivity index (χ1) is 9.16. The molecule has 3 rings (SSSR count). The fourth-order valence-electron chi connectivity index (χ4n) is 2.67. The predicted molar refractivity (Wildman–Crippen MR) is 80.0 cm³/mol. The van der Waals surface area contributed by atoms with Crippen molar-refractivity contribution in [3.05, 3.63) is 65.9 Å². The Morgan fingerprint density at radius 3 is 2.47 bits per heavy atom. The van der Waals surface area contributed by atoms with Gasteiger partial charge in [-0.3, -0.25) is 0 Å². The summed E-state index contributed by atoms with van der Waals surface area (Å²) in [5.74, 6) is 0. The molecular formula is C18H18N+. The van der Waals surface area contributed by atoms with E-state index >= 15 is 0 Å². The fraction of sp³-hybridized carbons (Fsp3) is 0.167. The van der Waals surface area contributed by atoms with Gasteiger partial charge in [-0.2, -0.15) is 0 Å². The van der Waals surface area contributed by atoms with Crippen LogP contribution in [0.3, 0.4) is 0 Å². The molecular weight excluding hydrogens is 230 g/mol. The minimum atomic E-state index is 1.29. The van der Waals surface area contributed by atoms with Gasteiger partial charge in [-0.15, -0.1) is 0 Å². The molecule has 2 aromatic carbocycles. The van der Waals surface area contributed by atoms with Crippen molar-refractivity contribution in [2.45, 2.75) is 13.8 Å². The molecule has 94 valence electrons. The summed E-state index contributed by atoms with van der Waals surface area (Å²) in [7, 11) is 2.11. The van der Waals surface area contributed by atoms with Gasteiger partial charge in [-0.1, -0.05) is 35.9 Å². The van der Waals surface area contributed by atoms with Gasteiger partial charge in [0.05, 0.1) is 5.39 Å². The average Bonchev–Trinajstić information content (AvgIpc) is 2.40. The summed E-state index contributed by atoms with van der Waals surface area (Å²) in [6.45, 7) is 4.31. The summed E-state index contributed by atoms with van der Waals surface area (Å²) in [5.41, 5.74) is 5.21. The number of pyridine rings is 1. The Bertz CT molecular complexity index is 757. The van der Waals surface area contributed by atoms with Crippen molar-refractivity contribution in [2.75, 3.05) is 0 Å². The average molecular weight is 248 g/mol. The van der Waals surface area contributed by atoms with Crippen LogP contribution in [0.5, 0.6) is 0 Å². The van der Waals surface area contributed by atoms with Gasteiger partial charge in [0.2, 0.25) is 5.69 Å². The maximum atomic E-state index is 2.25. The van der Waals surface area contributed by atoms with Gasteiger partial charge >= 0.3 is 0 Å². The molecule has 1 heterocycles. The zero-order valence-electron chi connectivity index (χ0n) is 11.6. The van der Waals surface area contributed by atoms with Crippen LogP contribution >= 0.6 is 0 Å². The van der Waals surface area contributed by atoms with Gasteiger partial charge in [0, 0.05) is 11.6 Å². The van der Waals surface area contributed by atoms with Crippen molar-refractivity contribution in [1.82, 2.24) is 0 Å². The van der Waals surface area contributed by atoms with Crippen molar-refractivity contribution in [1.29, 1.82) is 0 Å². The molecule has 0 atom stereocenters. The minimum absolute atomic E-state index is 1.29. The Kier molecular flexibility index (Phi) is 2.83. The summed E-state index contributed by atoms with van der Waals surface area (Å²) in [6, 6.07) is 17.4. The predicted octanol–water partition coefficient (Wildman–Crippen LogP) is 3.95. The normalized spacial score (nSPS) is 10.9. The highest BCUT2D eigenvalue weighted by Gasteiger charge is 2.16. The molecule has 0 amide bonds. The SMILES string of the molecule is Cc1ccc2c(-c3ccccc3C)[n+](C)ccc2c1. The van der Waals surface area contributed by atoms with Crippen LogP contribution in [0.4, 0.5) is 0 Å². The molecule has 1 heteroatoms. The van der Waals surface area contributed by atoms with E-state index in [1.54, 1.807) is 0 Å². The van der Waals surface area contributed by atoms with Crippen molar-refractivity contribution >= 4 is 10.8 Å². The molecule has 1 aromatic heterocycles. The molecule has 19 heavy (non-hydrogen) atoms. The Balaban J connectivity index is 2.40. The number of fused-ring (bicyclic) bond motifs is 1. The Morgan fingerprint density at radius 1 is 0.895 bits per heavy atom. The molecule has 1 nitrogen and oxygen atoms in total. The van der Waals surface area contributed by atoms with Crippen molar-refractivity contribution in [3.63, 3.8) is 0 Å². The zero-order valence-corrected chi connectivity index (χ0v) is 11.6. The highest BCUT2D eigenvalue weighted by molar-refractivity contribution is 5.93. The largest absolute Gasteiger partial charge is 0.220 e. The molecule has 0 saturated carbocycles. The lowest BCUT2D eigenvalue weighted by Crippen LogP contribution is -2.30. The highest BCUT2D eigenvalue weighted by atomic mass is 14.9. The van der Waals surface area contributed by atoms with Gasteiger partial charge in [-0.05, 0) is 36.9 Å². The van der Waals surface area contributed by atoms with Gasteiger partial charge in [0.25, 0.3) is 0 Å². The Morgan fingerprint density at radius 2 is 1.68 bits per heavy atom. The van der Waals surface area contributed by atoms with Crippen LogP contribution in [0.1, 0.15) is 11.1 Å². The Hall–Kier alpha value is -2.15. The van der Waals surface area contributed by atoms with Crippen LogP contribution in [-0.4, -0.2) is 0 Å². The molecule has 0 saturated heterocycles. The smallest absolute Gasteiger partial charge is 0.200 e. The molecule has 0 N–H and O–H groups in total. The van der Waals surface area contributed by atoms with Crippen molar-refractivity contribution < 1.29 is 4.57 Å². The number of rotatable bonds is 1. The lowest BCUT2D eigenvalue weighted by atomic mass is 9.99. The van der Waals surface area contributed by atoms with E-state index in [4.69, 9.17) is 0 Å². The third-order valence-corrected chi connectivity index (χ3v) is 3.69. The van der Waals surface area contributed by atoms with E-state index in [2.05, 4.69) is 80.2 Å². The number of aromatic nitrogens is 1. The second-order valence-corrected chi connectivity index (χ2v) is 5.18. The summed E-state index contributed by atoms with van der Waals surface area (Å²) in [6.07, 6.45) is 2.14. The lowest BCUT2D eigenvalue weighted by molar-refractivity contribution is -0.659. The maximum Gasteiger partial charge on any atom is 0.220 e. The number of aryl methyl sites for hydroxylation is 3. The van der Waals surface area contributed by atoms with Crippen LogP contribution in [0.25, 0.3) is 22.0 Å². The van der Waals surface area contributed by atoms with E-state index in [1.807, 2.05) is 0 Å². The Labute approximate surface area is 114 Å². The second-order valence-electron chi connectivity index (χ2n) is 5.18. The summed E-state index contributed by atoms with van der Waals surface area (Å²) < 4.78 is 2.21. The minimum Gasteiger partial charge on any atom is -0.200 e. The van der Waals surface area contributed by atoms with Crippen LogP contribution in [0.15, 0.2) is 54.7 Å². The molecule has 3 aromatic rings. The van der Waals surface area contributed by atoms with E-state index in [9.17, 15) is 0 Å². The molecule has 0 aliphatic heterocycles. The van der Waals surface area contributed by atoms with Gasteiger partial charge in [0.1, 0.15) is 7.05 Å². The van der Waals surface area contributed by atoms with Crippen LogP contribution in [0.2, 0.25) is 0 Å². The molecule has 0 unspecified atom stereocenters. The number of hydrogen-bond donors (Lipinski definition) is 0. The standard InChI is InChI=1S/C18H18N/c1-13-8-9-17-15(12-13)10-11-19(3)18(17)16-7-5-4-6-14(16)2/h4-12H,1-3H3/q+1. The molecule has 0 spiro atoms. The third kappa shape index (κ3) is 2.01. The molecule has 0 radical (unpaired) electrons. The first-order valence-corrected chi connectivity index (χ1v) is 6.62. The summed E-state index contributed by atoms with van der Waals surface area (Å²) >= 11 is 0. The quantitative estimate of drug-likeness (QED) is 0.574. The van der Waals surface area contributed by atoms with Crippen molar-refractivity contribution in [3.8, 4) is 11.3 Å². The molecule has 0 bridgehead atoms. The van der Waals surface area contributed by atoms with Crippen LogP contribution in [0, 0.1) is 13.8 Å². The lowest BCUT2D eigenvalue weighted by Gasteiger charge is -2.08. The first-order valence-electron chi connectivity index (χ1n) is 6.62. The van der Waals surface area contributed by atoms with E-state index in [0.717, 1.165) is 0 Å². The van der Waals surface area contributed by atoms with Gasteiger partial charge < -0.3 is 0 Å².